The molecule has 0 radical (unpaired) electrons. The van der Waals surface area contributed by atoms with Crippen LogP contribution in [0.15, 0.2) is 33.9 Å². The van der Waals surface area contributed by atoms with E-state index in [1.165, 1.54) is 30.0 Å². The second-order valence-electron chi connectivity index (χ2n) is 4.58. The summed E-state index contributed by atoms with van der Waals surface area (Å²) in [5.41, 5.74) is -1.13. The van der Waals surface area contributed by atoms with Gasteiger partial charge in [0.1, 0.15) is 11.0 Å². The number of halogens is 2. The molecule has 0 saturated heterocycles. The Labute approximate surface area is 130 Å². The second kappa shape index (κ2) is 6.49. The fourth-order valence-corrected chi connectivity index (χ4v) is 3.03. The van der Waals surface area contributed by atoms with Gasteiger partial charge in [-0.05, 0) is 19.2 Å². The lowest BCUT2D eigenvalue weighted by Gasteiger charge is -2.15. The van der Waals surface area contributed by atoms with Crippen molar-refractivity contribution < 1.29 is 4.39 Å². The normalized spacial score (nSPS) is 12.4. The van der Waals surface area contributed by atoms with Gasteiger partial charge in [0.25, 0.3) is 5.56 Å². The standard InChI is InChI=1S/C14H14ClFN2O2S/c1-8(7-21-2)18-13(19)11(12(15)17-14(18)20)9-5-3-4-6-10(9)16/h3-6,8H,7H2,1-2H3,(H,17,20). The second-order valence-corrected chi connectivity index (χ2v) is 5.87. The third kappa shape index (κ3) is 3.06. The Kier molecular flexibility index (Phi) is 4.90. The van der Waals surface area contributed by atoms with Gasteiger partial charge in [-0.1, -0.05) is 29.8 Å². The highest BCUT2D eigenvalue weighted by molar-refractivity contribution is 7.98. The van der Waals surface area contributed by atoms with Crippen molar-refractivity contribution in [2.45, 2.75) is 13.0 Å². The Bertz CT molecular complexity index is 772. The van der Waals surface area contributed by atoms with Crippen molar-refractivity contribution in [2.24, 2.45) is 0 Å². The van der Waals surface area contributed by atoms with Gasteiger partial charge in [0.05, 0.1) is 5.56 Å². The number of thioether (sulfide) groups is 1. The average Bonchev–Trinajstić information content (AvgIpc) is 2.40. The lowest BCUT2D eigenvalue weighted by molar-refractivity contribution is 0.554. The van der Waals surface area contributed by atoms with E-state index in [4.69, 9.17) is 11.6 Å². The summed E-state index contributed by atoms with van der Waals surface area (Å²) >= 11 is 7.47. The number of H-pyrrole nitrogens is 1. The maximum atomic E-state index is 13.9. The Morgan fingerprint density at radius 2 is 2.05 bits per heavy atom. The molecular weight excluding hydrogens is 315 g/mol. The van der Waals surface area contributed by atoms with E-state index in [9.17, 15) is 14.0 Å². The van der Waals surface area contributed by atoms with E-state index in [-0.39, 0.29) is 22.3 Å². The van der Waals surface area contributed by atoms with Crippen molar-refractivity contribution in [1.29, 1.82) is 0 Å². The highest BCUT2D eigenvalue weighted by Crippen LogP contribution is 2.24. The highest BCUT2D eigenvalue weighted by Gasteiger charge is 2.19. The van der Waals surface area contributed by atoms with E-state index in [0.29, 0.717) is 5.75 Å². The quantitative estimate of drug-likeness (QED) is 0.878. The molecule has 0 amide bonds. The lowest BCUT2D eigenvalue weighted by Crippen LogP contribution is -2.39. The van der Waals surface area contributed by atoms with Gasteiger partial charge >= 0.3 is 5.69 Å². The minimum absolute atomic E-state index is 0.0256. The molecule has 2 rings (SSSR count). The molecule has 21 heavy (non-hydrogen) atoms. The molecule has 4 nitrogen and oxygen atoms in total. The zero-order valence-corrected chi connectivity index (χ0v) is 13.1. The molecule has 0 fully saturated rings. The monoisotopic (exact) mass is 328 g/mol. The van der Waals surface area contributed by atoms with Gasteiger partial charge in [0, 0.05) is 17.4 Å². The van der Waals surface area contributed by atoms with Crippen LogP contribution in [0.4, 0.5) is 4.39 Å². The molecule has 1 aromatic heterocycles. The average molecular weight is 329 g/mol. The fourth-order valence-electron chi connectivity index (χ4n) is 2.14. The highest BCUT2D eigenvalue weighted by atomic mass is 35.5. The zero-order chi connectivity index (χ0) is 15.6. The summed E-state index contributed by atoms with van der Waals surface area (Å²) in [6.07, 6.45) is 1.88. The maximum absolute atomic E-state index is 13.9. The summed E-state index contributed by atoms with van der Waals surface area (Å²) in [4.78, 5) is 26.9. The minimum atomic E-state index is -0.591. The van der Waals surface area contributed by atoms with Crippen LogP contribution in [0.3, 0.4) is 0 Å². The van der Waals surface area contributed by atoms with Crippen molar-refractivity contribution in [1.82, 2.24) is 9.55 Å². The van der Waals surface area contributed by atoms with E-state index in [1.807, 2.05) is 6.26 Å². The molecule has 112 valence electrons. The molecule has 0 aliphatic carbocycles. The number of rotatable bonds is 4. The molecule has 0 spiro atoms. The van der Waals surface area contributed by atoms with E-state index in [1.54, 1.807) is 13.0 Å². The summed E-state index contributed by atoms with van der Waals surface area (Å²) in [5, 5.41) is -0.150. The number of hydrogen-bond donors (Lipinski definition) is 1. The topological polar surface area (TPSA) is 54.9 Å². The number of aromatic nitrogens is 2. The summed E-state index contributed by atoms with van der Waals surface area (Å²) in [6, 6.07) is 5.51. The molecule has 1 atom stereocenters. The van der Waals surface area contributed by atoms with E-state index in [0.717, 1.165) is 4.57 Å². The number of nitrogens with one attached hydrogen (secondary N) is 1. The molecule has 1 N–H and O–H groups in total. The Morgan fingerprint density at radius 3 is 2.67 bits per heavy atom. The first-order valence-electron chi connectivity index (χ1n) is 6.25. The van der Waals surface area contributed by atoms with Crippen LogP contribution >= 0.6 is 23.4 Å². The van der Waals surface area contributed by atoms with E-state index >= 15 is 0 Å². The van der Waals surface area contributed by atoms with Crippen LogP contribution in [0.2, 0.25) is 5.15 Å². The minimum Gasteiger partial charge on any atom is -0.297 e. The van der Waals surface area contributed by atoms with Crippen molar-refractivity contribution in [3.05, 3.63) is 56.1 Å². The number of aromatic amines is 1. The predicted octanol–water partition coefficient (Wildman–Crippen LogP) is 2.92. The van der Waals surface area contributed by atoms with Crippen LogP contribution in [-0.2, 0) is 0 Å². The van der Waals surface area contributed by atoms with E-state index in [2.05, 4.69) is 4.98 Å². The van der Waals surface area contributed by atoms with Gasteiger partial charge in [-0.3, -0.25) is 14.3 Å². The van der Waals surface area contributed by atoms with Crippen LogP contribution in [0.25, 0.3) is 11.1 Å². The molecule has 0 bridgehead atoms. The first kappa shape index (κ1) is 15.9. The Hall–Kier alpha value is -1.53. The van der Waals surface area contributed by atoms with Crippen molar-refractivity contribution >= 4 is 23.4 Å². The van der Waals surface area contributed by atoms with Gasteiger partial charge in [-0.2, -0.15) is 11.8 Å². The van der Waals surface area contributed by atoms with Crippen LogP contribution in [0.5, 0.6) is 0 Å². The van der Waals surface area contributed by atoms with Crippen molar-refractivity contribution in [2.75, 3.05) is 12.0 Å². The first-order chi connectivity index (χ1) is 9.97. The molecular formula is C14H14ClFN2O2S. The van der Waals surface area contributed by atoms with Crippen LogP contribution in [-0.4, -0.2) is 21.6 Å². The molecule has 1 unspecified atom stereocenters. The van der Waals surface area contributed by atoms with Gasteiger partial charge in [0.15, 0.2) is 0 Å². The molecule has 7 heteroatoms. The molecule has 0 saturated carbocycles. The largest absolute Gasteiger partial charge is 0.329 e. The number of hydrogen-bond acceptors (Lipinski definition) is 3. The summed E-state index contributed by atoms with van der Waals surface area (Å²) in [6.45, 7) is 1.76. The fraction of sp³-hybridized carbons (Fsp3) is 0.286. The predicted molar refractivity (Wildman–Crippen MR) is 84.8 cm³/mol. The van der Waals surface area contributed by atoms with Gasteiger partial charge in [0.2, 0.25) is 0 Å². The van der Waals surface area contributed by atoms with E-state index < -0.39 is 17.1 Å². The molecule has 0 aliphatic rings. The van der Waals surface area contributed by atoms with Crippen LogP contribution in [0, 0.1) is 5.82 Å². The smallest absolute Gasteiger partial charge is 0.297 e. The molecule has 1 heterocycles. The van der Waals surface area contributed by atoms with Gasteiger partial charge < -0.3 is 0 Å². The molecule has 1 aromatic carbocycles. The summed E-state index contributed by atoms with van der Waals surface area (Å²) in [5.74, 6) is 0.0223. The Balaban J connectivity index is 2.74. The lowest BCUT2D eigenvalue weighted by atomic mass is 10.1. The SMILES string of the molecule is CSCC(C)n1c(=O)[nH]c(Cl)c(-c2ccccc2F)c1=O. The van der Waals surface area contributed by atoms with Crippen molar-refractivity contribution in [3.63, 3.8) is 0 Å². The zero-order valence-electron chi connectivity index (χ0n) is 11.5. The van der Waals surface area contributed by atoms with Crippen molar-refractivity contribution in [3.8, 4) is 11.1 Å². The van der Waals surface area contributed by atoms with Gasteiger partial charge in [-0.15, -0.1) is 0 Å². The summed E-state index contributed by atoms with van der Waals surface area (Å²) < 4.78 is 15.0. The Morgan fingerprint density at radius 1 is 1.38 bits per heavy atom. The maximum Gasteiger partial charge on any atom is 0.329 e. The first-order valence-corrected chi connectivity index (χ1v) is 8.02. The third-order valence-electron chi connectivity index (χ3n) is 3.08. The van der Waals surface area contributed by atoms with Crippen LogP contribution in [0.1, 0.15) is 13.0 Å². The van der Waals surface area contributed by atoms with Gasteiger partial charge in [-0.25, -0.2) is 9.18 Å². The van der Waals surface area contributed by atoms with Crippen LogP contribution < -0.4 is 11.2 Å². The number of benzene rings is 1. The molecule has 2 aromatic rings. The molecule has 0 aliphatic heterocycles. The summed E-state index contributed by atoms with van der Waals surface area (Å²) in [7, 11) is 0. The number of nitrogens with zero attached hydrogens (tertiary/aromatic N) is 1. The third-order valence-corrected chi connectivity index (χ3v) is 4.18.